The molecular weight excluding hydrogens is 336 g/mol. The first-order valence-electron chi connectivity index (χ1n) is 9.42. The first-order chi connectivity index (χ1) is 13.1. The molecule has 1 aliphatic heterocycles. The minimum atomic E-state index is 0.0842. The van der Waals surface area contributed by atoms with Crippen LogP contribution >= 0.6 is 0 Å². The van der Waals surface area contributed by atoms with Crippen molar-refractivity contribution >= 4 is 22.7 Å². The summed E-state index contributed by atoms with van der Waals surface area (Å²) in [6, 6.07) is 16.6. The topological polar surface area (TPSA) is 42.5 Å². The maximum atomic E-state index is 12.6. The van der Waals surface area contributed by atoms with Crippen molar-refractivity contribution in [1.29, 1.82) is 0 Å². The van der Waals surface area contributed by atoms with Gasteiger partial charge in [0.15, 0.2) is 0 Å². The molecule has 0 fully saturated rings. The Bertz CT molecular complexity index is 1170. The lowest BCUT2D eigenvalue weighted by Gasteiger charge is -2.14. The number of rotatable bonds is 3. The van der Waals surface area contributed by atoms with E-state index in [1.807, 2.05) is 18.2 Å². The van der Waals surface area contributed by atoms with E-state index in [4.69, 9.17) is 4.98 Å². The van der Waals surface area contributed by atoms with Gasteiger partial charge in [-0.05, 0) is 24.5 Å². The van der Waals surface area contributed by atoms with Gasteiger partial charge in [0.2, 0.25) is 11.7 Å². The number of aryl methyl sites for hydroxylation is 2. The molecule has 2 aromatic heterocycles. The maximum Gasteiger partial charge on any atom is 0.228 e. The van der Waals surface area contributed by atoms with Gasteiger partial charge < -0.3 is 9.47 Å². The molecule has 0 aliphatic carbocycles. The summed E-state index contributed by atoms with van der Waals surface area (Å²) in [4.78, 5) is 19.3. The zero-order valence-corrected chi connectivity index (χ0v) is 15.6. The van der Waals surface area contributed by atoms with Crippen LogP contribution in [0.25, 0.3) is 28.1 Å². The Morgan fingerprint density at radius 2 is 1.93 bits per heavy atom. The third kappa shape index (κ3) is 2.38. The molecule has 0 spiro atoms. The number of benzene rings is 2. The summed E-state index contributed by atoms with van der Waals surface area (Å²) in [6.07, 6.45) is 2.56. The highest BCUT2D eigenvalue weighted by Gasteiger charge is 2.25. The summed E-state index contributed by atoms with van der Waals surface area (Å²) in [5.41, 5.74) is 6.72. The zero-order valence-electron chi connectivity index (χ0n) is 15.6. The predicted molar refractivity (Wildman–Crippen MR) is 107 cm³/mol. The lowest BCUT2D eigenvalue weighted by molar-refractivity contribution is -0.128. The average Bonchev–Trinajstić information content (AvgIpc) is 3.21. The van der Waals surface area contributed by atoms with E-state index in [9.17, 15) is 4.79 Å². The largest absolute Gasteiger partial charge is 0.348 e. The fourth-order valence-corrected chi connectivity index (χ4v) is 4.18. The highest BCUT2D eigenvalue weighted by Crippen LogP contribution is 2.34. The van der Waals surface area contributed by atoms with Gasteiger partial charge in [-0.3, -0.25) is 9.20 Å². The van der Waals surface area contributed by atoms with Crippen LogP contribution in [0.5, 0.6) is 0 Å². The van der Waals surface area contributed by atoms with Crippen molar-refractivity contribution in [3.05, 3.63) is 59.8 Å². The van der Waals surface area contributed by atoms with Crippen LogP contribution in [0.4, 0.5) is 0 Å². The number of carbonyl (C=O) groups is 1. The summed E-state index contributed by atoms with van der Waals surface area (Å²) >= 11 is 0. The fraction of sp³-hybridized carbons (Fsp3) is 0.273. The van der Waals surface area contributed by atoms with Crippen molar-refractivity contribution in [1.82, 2.24) is 18.9 Å². The number of fused-ring (bicyclic) bond motifs is 3. The average molecular weight is 358 g/mol. The maximum absolute atomic E-state index is 12.6. The number of para-hydroxylation sites is 1. The van der Waals surface area contributed by atoms with E-state index in [0.717, 1.165) is 47.6 Å². The molecule has 136 valence electrons. The molecule has 2 aromatic carbocycles. The van der Waals surface area contributed by atoms with Crippen molar-refractivity contribution < 1.29 is 4.79 Å². The van der Waals surface area contributed by atoms with Crippen LogP contribution in [0.15, 0.2) is 48.5 Å². The number of amides is 1. The molecular formula is C22H22N4O. The fourth-order valence-electron chi connectivity index (χ4n) is 4.18. The normalized spacial score (nSPS) is 13.4. The molecule has 0 atom stereocenters. The molecule has 5 rings (SSSR count). The van der Waals surface area contributed by atoms with Gasteiger partial charge in [-0.2, -0.15) is 0 Å². The quantitative estimate of drug-likeness (QED) is 0.562. The third-order valence-corrected chi connectivity index (χ3v) is 5.50. The molecule has 1 amide bonds. The van der Waals surface area contributed by atoms with Crippen LogP contribution in [0, 0.1) is 0 Å². The Labute approximate surface area is 157 Å². The smallest absolute Gasteiger partial charge is 0.228 e. The number of hydrogen-bond donors (Lipinski definition) is 0. The monoisotopic (exact) mass is 358 g/mol. The van der Waals surface area contributed by atoms with E-state index in [1.165, 1.54) is 11.1 Å². The Kier molecular flexibility index (Phi) is 3.57. The summed E-state index contributed by atoms with van der Waals surface area (Å²) in [7, 11) is 3.61. The highest BCUT2D eigenvalue weighted by atomic mass is 16.2. The number of aromatic nitrogens is 3. The van der Waals surface area contributed by atoms with Gasteiger partial charge in [0.1, 0.15) is 0 Å². The van der Waals surface area contributed by atoms with Crippen molar-refractivity contribution in [2.45, 2.75) is 25.8 Å². The predicted octanol–water partition coefficient (Wildman–Crippen LogP) is 3.53. The zero-order chi connectivity index (χ0) is 18.5. The van der Waals surface area contributed by atoms with Crippen LogP contribution in [0.3, 0.4) is 0 Å². The summed E-state index contributed by atoms with van der Waals surface area (Å²) in [5, 5.41) is 0. The highest BCUT2D eigenvalue weighted by molar-refractivity contribution is 5.88. The first-order valence-corrected chi connectivity index (χ1v) is 9.42. The van der Waals surface area contributed by atoms with Crippen LogP contribution in [0.2, 0.25) is 0 Å². The Balaban J connectivity index is 1.85. The Morgan fingerprint density at radius 3 is 2.70 bits per heavy atom. The van der Waals surface area contributed by atoms with Crippen LogP contribution < -0.4 is 0 Å². The standard InChI is InChI=1S/C22H22N4O/c1-24(2)19(27)14-18-20(15-8-4-3-5-9-15)23-22-25-13-7-11-16-10-6-12-17(21(16)25)26(18)22/h3-6,8-10,12H,7,11,13-14H2,1-2H3. The van der Waals surface area contributed by atoms with Crippen LogP contribution in [-0.2, 0) is 24.2 Å². The van der Waals surface area contributed by atoms with Gasteiger partial charge in [-0.15, -0.1) is 0 Å². The van der Waals surface area contributed by atoms with E-state index in [-0.39, 0.29) is 5.91 Å². The van der Waals surface area contributed by atoms with E-state index < -0.39 is 0 Å². The number of hydrogen-bond acceptors (Lipinski definition) is 2. The number of imidazole rings is 2. The van der Waals surface area contributed by atoms with Gasteiger partial charge in [-0.25, -0.2) is 4.98 Å². The van der Waals surface area contributed by atoms with Crippen molar-refractivity contribution in [2.24, 2.45) is 0 Å². The van der Waals surface area contributed by atoms with E-state index in [2.05, 4.69) is 39.3 Å². The lowest BCUT2D eigenvalue weighted by Crippen LogP contribution is -2.24. The molecule has 5 nitrogen and oxygen atoms in total. The second-order valence-electron chi connectivity index (χ2n) is 7.41. The Hall–Kier alpha value is -3.08. The summed E-state index contributed by atoms with van der Waals surface area (Å²) in [6.45, 7) is 0.969. The number of nitrogens with zero attached hydrogens (tertiary/aromatic N) is 4. The lowest BCUT2D eigenvalue weighted by atomic mass is 10.0. The van der Waals surface area contributed by atoms with Crippen LogP contribution in [0.1, 0.15) is 17.7 Å². The molecule has 0 saturated carbocycles. The molecule has 4 aromatic rings. The minimum absolute atomic E-state index is 0.0842. The third-order valence-electron chi connectivity index (χ3n) is 5.50. The molecule has 1 aliphatic rings. The minimum Gasteiger partial charge on any atom is -0.348 e. The molecule has 0 bridgehead atoms. The Morgan fingerprint density at radius 1 is 1.11 bits per heavy atom. The molecule has 0 saturated heterocycles. The van der Waals surface area contributed by atoms with Crippen molar-refractivity contribution in [3.8, 4) is 11.3 Å². The summed E-state index contributed by atoms with van der Waals surface area (Å²) < 4.78 is 4.53. The van der Waals surface area contributed by atoms with Crippen LogP contribution in [-0.4, -0.2) is 38.9 Å². The second kappa shape index (κ2) is 5.98. The molecule has 0 unspecified atom stereocenters. The van der Waals surface area contributed by atoms with Gasteiger partial charge in [0.25, 0.3) is 0 Å². The number of carbonyl (C=O) groups excluding carboxylic acids is 1. The van der Waals surface area contributed by atoms with Gasteiger partial charge >= 0.3 is 0 Å². The molecule has 0 radical (unpaired) electrons. The van der Waals surface area contributed by atoms with Crippen molar-refractivity contribution in [3.63, 3.8) is 0 Å². The SMILES string of the molecule is CN(C)C(=O)Cc1c(-c2ccccc2)nc2n3c4c(cccc4n12)CCC3. The number of likely N-dealkylation sites (N-methyl/N-ethyl adjacent to an activating group) is 1. The summed E-state index contributed by atoms with van der Waals surface area (Å²) in [5.74, 6) is 1.03. The van der Waals surface area contributed by atoms with Gasteiger partial charge in [0.05, 0.1) is 28.8 Å². The van der Waals surface area contributed by atoms with E-state index >= 15 is 0 Å². The molecule has 27 heavy (non-hydrogen) atoms. The molecule has 3 heterocycles. The first kappa shape index (κ1) is 16.1. The van der Waals surface area contributed by atoms with Gasteiger partial charge in [-0.1, -0.05) is 42.5 Å². The molecule has 0 N–H and O–H groups in total. The van der Waals surface area contributed by atoms with E-state index in [0.29, 0.717) is 6.42 Å². The van der Waals surface area contributed by atoms with Crippen molar-refractivity contribution in [2.75, 3.05) is 14.1 Å². The van der Waals surface area contributed by atoms with Gasteiger partial charge in [0, 0.05) is 26.2 Å². The van der Waals surface area contributed by atoms with E-state index in [1.54, 1.807) is 19.0 Å². The molecule has 5 heteroatoms. The second-order valence-corrected chi connectivity index (χ2v) is 7.41.